The van der Waals surface area contributed by atoms with Crippen LogP contribution in [0.2, 0.25) is 0 Å². The van der Waals surface area contributed by atoms with Crippen molar-refractivity contribution in [2.75, 3.05) is 0 Å². The summed E-state index contributed by atoms with van der Waals surface area (Å²) in [5.41, 5.74) is -6.37. The molecular formula is C30H56O7. The predicted octanol–water partition coefficient (Wildman–Crippen LogP) is 6.96. The van der Waals surface area contributed by atoms with Gasteiger partial charge in [-0.05, 0) is 53.3 Å². The lowest BCUT2D eigenvalue weighted by Gasteiger charge is -2.55. The summed E-state index contributed by atoms with van der Waals surface area (Å²) in [5.74, 6) is -8.75. The van der Waals surface area contributed by atoms with Crippen molar-refractivity contribution in [1.82, 2.24) is 0 Å². The molecule has 0 radical (unpaired) electrons. The Hall–Kier alpha value is -1.63. The van der Waals surface area contributed by atoms with Gasteiger partial charge >= 0.3 is 17.9 Å². The average Bonchev–Trinajstić information content (AvgIpc) is 2.68. The SMILES string of the molecule is CCC(CC(C)(C)C)C(C(=O)O)C(O)(C(=O)O)C(C(=O)O)(C(CC)CC(C)(C)C)C(CC)CC(C)(C)C. The predicted molar refractivity (Wildman–Crippen MR) is 147 cm³/mol. The number of carboxylic acids is 3. The molecule has 0 amide bonds. The Morgan fingerprint density at radius 3 is 1.14 bits per heavy atom. The maximum Gasteiger partial charge on any atom is 0.337 e. The highest BCUT2D eigenvalue weighted by Gasteiger charge is 2.72. The molecule has 0 aliphatic heterocycles. The molecule has 0 aromatic heterocycles. The Balaban J connectivity index is 8.00. The van der Waals surface area contributed by atoms with Gasteiger partial charge in [0.25, 0.3) is 0 Å². The molecule has 4 N–H and O–H groups in total. The van der Waals surface area contributed by atoms with Crippen LogP contribution in [0.3, 0.4) is 0 Å². The highest BCUT2D eigenvalue weighted by molar-refractivity contribution is 5.94. The van der Waals surface area contributed by atoms with Gasteiger partial charge < -0.3 is 20.4 Å². The van der Waals surface area contributed by atoms with E-state index in [1.165, 1.54) is 0 Å². The van der Waals surface area contributed by atoms with Crippen LogP contribution in [-0.2, 0) is 14.4 Å². The molecule has 7 nitrogen and oxygen atoms in total. The first-order chi connectivity index (χ1) is 16.5. The zero-order chi connectivity index (χ0) is 29.8. The van der Waals surface area contributed by atoms with Gasteiger partial charge in [-0.1, -0.05) is 102 Å². The van der Waals surface area contributed by atoms with Gasteiger partial charge in [-0.3, -0.25) is 9.59 Å². The highest BCUT2D eigenvalue weighted by Crippen LogP contribution is 2.58. The van der Waals surface area contributed by atoms with E-state index in [0.29, 0.717) is 38.5 Å². The minimum absolute atomic E-state index is 0.294. The van der Waals surface area contributed by atoms with Crippen LogP contribution in [0.5, 0.6) is 0 Å². The number of rotatable bonds is 14. The number of carbonyl (C=O) groups is 3. The number of hydrogen-bond acceptors (Lipinski definition) is 4. The Kier molecular flexibility index (Phi) is 11.9. The standard InChI is InChI=1S/C30H56O7/c1-13-19(16-26(4,5)6)22(23(31)32)30(37,25(35)36)29(24(33)34,20(14-2)17-27(7,8)9)21(15-3)18-28(10,11)12/h19-22,37H,13-18H2,1-12H3,(H,31,32)(H,33,34)(H,35,36). The van der Waals surface area contributed by atoms with E-state index in [4.69, 9.17) is 0 Å². The Morgan fingerprint density at radius 2 is 0.946 bits per heavy atom. The summed E-state index contributed by atoms with van der Waals surface area (Å²) in [6.45, 7) is 22.9. The molecule has 5 unspecified atom stereocenters. The molecule has 0 aliphatic rings. The summed E-state index contributed by atoms with van der Waals surface area (Å²) in [7, 11) is 0. The van der Waals surface area contributed by atoms with Crippen LogP contribution in [0.4, 0.5) is 0 Å². The average molecular weight is 529 g/mol. The molecule has 0 aromatic carbocycles. The van der Waals surface area contributed by atoms with Gasteiger partial charge in [0.15, 0.2) is 5.60 Å². The van der Waals surface area contributed by atoms with Crippen LogP contribution < -0.4 is 0 Å². The van der Waals surface area contributed by atoms with Crippen molar-refractivity contribution in [3.63, 3.8) is 0 Å². The highest BCUT2D eigenvalue weighted by atomic mass is 16.4. The summed E-state index contributed by atoms with van der Waals surface area (Å²) in [6.07, 6.45) is 1.87. The summed E-state index contributed by atoms with van der Waals surface area (Å²) in [5, 5.41) is 45.0. The normalized spacial score (nSPS) is 19.7. The van der Waals surface area contributed by atoms with Gasteiger partial charge in [0, 0.05) is 0 Å². The number of aliphatic carboxylic acids is 3. The topological polar surface area (TPSA) is 132 Å². The van der Waals surface area contributed by atoms with Crippen molar-refractivity contribution in [1.29, 1.82) is 0 Å². The van der Waals surface area contributed by atoms with E-state index in [2.05, 4.69) is 0 Å². The number of aliphatic hydroxyl groups is 1. The van der Waals surface area contributed by atoms with Crippen LogP contribution in [0, 0.1) is 45.3 Å². The fourth-order valence-electron chi connectivity index (χ4n) is 6.77. The van der Waals surface area contributed by atoms with E-state index in [-0.39, 0.29) is 16.2 Å². The Morgan fingerprint density at radius 1 is 0.595 bits per heavy atom. The second kappa shape index (κ2) is 12.5. The van der Waals surface area contributed by atoms with Crippen molar-refractivity contribution >= 4 is 17.9 Å². The minimum Gasteiger partial charge on any atom is -0.481 e. The maximum absolute atomic E-state index is 13.7. The summed E-state index contributed by atoms with van der Waals surface area (Å²) in [4.78, 5) is 39.9. The molecule has 7 heteroatoms. The zero-order valence-electron chi connectivity index (χ0n) is 25.6. The lowest BCUT2D eigenvalue weighted by atomic mass is 9.47. The number of hydrogen-bond donors (Lipinski definition) is 4. The fraction of sp³-hybridized carbons (Fsp3) is 0.900. The van der Waals surface area contributed by atoms with Gasteiger partial charge in [0.2, 0.25) is 0 Å². The zero-order valence-corrected chi connectivity index (χ0v) is 25.6. The second-order valence-corrected chi connectivity index (χ2v) is 14.7. The molecule has 0 saturated heterocycles. The molecule has 37 heavy (non-hydrogen) atoms. The van der Waals surface area contributed by atoms with Gasteiger partial charge in [-0.2, -0.15) is 0 Å². The van der Waals surface area contributed by atoms with Crippen molar-refractivity contribution in [3.05, 3.63) is 0 Å². The van der Waals surface area contributed by atoms with E-state index in [1.807, 2.05) is 76.2 Å². The summed E-state index contributed by atoms with van der Waals surface area (Å²) in [6, 6.07) is 0. The molecule has 0 aliphatic carbocycles. The quantitative estimate of drug-likeness (QED) is 0.191. The molecule has 0 aromatic rings. The number of carboxylic acid groups (broad SMARTS) is 3. The van der Waals surface area contributed by atoms with Gasteiger partial charge in [-0.25, -0.2) is 4.79 Å². The molecule has 218 valence electrons. The fourth-order valence-corrected chi connectivity index (χ4v) is 6.77. The monoisotopic (exact) mass is 528 g/mol. The first-order valence-corrected chi connectivity index (χ1v) is 13.9. The smallest absolute Gasteiger partial charge is 0.337 e. The van der Waals surface area contributed by atoms with Gasteiger partial charge in [0.05, 0.1) is 0 Å². The van der Waals surface area contributed by atoms with Gasteiger partial charge in [0.1, 0.15) is 11.3 Å². The first-order valence-electron chi connectivity index (χ1n) is 13.9. The molecule has 0 fully saturated rings. The third-order valence-corrected chi connectivity index (χ3v) is 7.89. The van der Waals surface area contributed by atoms with Crippen LogP contribution in [0.1, 0.15) is 122 Å². The van der Waals surface area contributed by atoms with Crippen molar-refractivity contribution < 1.29 is 34.8 Å². The lowest BCUT2D eigenvalue weighted by molar-refractivity contribution is -0.232. The minimum atomic E-state index is -3.03. The van der Waals surface area contributed by atoms with Crippen LogP contribution in [0.25, 0.3) is 0 Å². The van der Waals surface area contributed by atoms with Crippen molar-refractivity contribution in [2.45, 2.75) is 127 Å². The molecule has 0 spiro atoms. The van der Waals surface area contributed by atoms with Crippen molar-refractivity contribution in [3.8, 4) is 0 Å². The molecule has 0 saturated carbocycles. The van der Waals surface area contributed by atoms with E-state index in [0.717, 1.165) is 0 Å². The van der Waals surface area contributed by atoms with Crippen molar-refractivity contribution in [2.24, 2.45) is 45.3 Å². The maximum atomic E-state index is 13.7. The third-order valence-electron chi connectivity index (χ3n) is 7.89. The Bertz CT molecular complexity index is 757. The lowest BCUT2D eigenvalue weighted by Crippen LogP contribution is -2.71. The first kappa shape index (κ1) is 35.4. The Labute approximate surface area is 225 Å². The molecule has 0 rings (SSSR count). The van der Waals surface area contributed by atoms with E-state index in [1.54, 1.807) is 6.92 Å². The molecular weight excluding hydrogens is 472 g/mol. The van der Waals surface area contributed by atoms with Crippen LogP contribution >= 0.6 is 0 Å². The second-order valence-electron chi connectivity index (χ2n) is 14.7. The molecule has 0 bridgehead atoms. The molecule has 0 heterocycles. The molecule has 5 atom stereocenters. The summed E-state index contributed by atoms with van der Waals surface area (Å²) < 4.78 is 0. The van der Waals surface area contributed by atoms with Gasteiger partial charge in [-0.15, -0.1) is 0 Å². The van der Waals surface area contributed by atoms with Crippen LogP contribution in [-0.4, -0.2) is 43.9 Å². The van der Waals surface area contributed by atoms with E-state index in [9.17, 15) is 34.8 Å². The third kappa shape index (κ3) is 8.18. The van der Waals surface area contributed by atoms with E-state index >= 15 is 0 Å². The summed E-state index contributed by atoms with van der Waals surface area (Å²) >= 11 is 0. The van der Waals surface area contributed by atoms with E-state index < -0.39 is 52.6 Å². The largest absolute Gasteiger partial charge is 0.481 e. The van der Waals surface area contributed by atoms with Crippen LogP contribution in [0.15, 0.2) is 0 Å².